The van der Waals surface area contributed by atoms with Gasteiger partial charge in [0.1, 0.15) is 6.10 Å². The van der Waals surface area contributed by atoms with E-state index in [1.807, 2.05) is 23.9 Å². The summed E-state index contributed by atoms with van der Waals surface area (Å²) < 4.78 is 11.4. The topological polar surface area (TPSA) is 47.6 Å². The molecule has 1 aromatic carbocycles. The van der Waals surface area contributed by atoms with Crippen molar-refractivity contribution in [3.63, 3.8) is 0 Å². The van der Waals surface area contributed by atoms with Crippen LogP contribution in [-0.4, -0.2) is 44.1 Å². The highest BCUT2D eigenvalue weighted by Crippen LogP contribution is 2.34. The highest BCUT2D eigenvalue weighted by atomic mass is 32.2. The van der Waals surface area contributed by atoms with Crippen molar-refractivity contribution in [2.45, 2.75) is 18.9 Å². The molecule has 1 atom stereocenters. The van der Waals surface area contributed by atoms with Gasteiger partial charge in [-0.3, -0.25) is 4.79 Å². The molecule has 5 heteroatoms. The van der Waals surface area contributed by atoms with Gasteiger partial charge in [0.15, 0.2) is 17.3 Å². The molecule has 2 rings (SSSR count). The Morgan fingerprint density at radius 3 is 3.00 bits per heavy atom. The molecule has 0 aromatic heterocycles. The van der Waals surface area contributed by atoms with E-state index in [-0.39, 0.29) is 11.9 Å². The Balaban J connectivity index is 2.24. The van der Waals surface area contributed by atoms with Gasteiger partial charge in [0.2, 0.25) is 0 Å². The molecular weight excluding hydrogens is 274 g/mol. The van der Waals surface area contributed by atoms with Crippen LogP contribution in [0.3, 0.4) is 0 Å². The van der Waals surface area contributed by atoms with E-state index in [9.17, 15) is 4.79 Å². The van der Waals surface area contributed by atoms with Crippen molar-refractivity contribution in [3.05, 3.63) is 23.8 Å². The van der Waals surface area contributed by atoms with Crippen molar-refractivity contribution in [3.8, 4) is 11.5 Å². The quantitative estimate of drug-likeness (QED) is 0.817. The summed E-state index contributed by atoms with van der Waals surface area (Å²) in [7, 11) is 3.36. The zero-order valence-electron chi connectivity index (χ0n) is 12.0. The Labute approximate surface area is 124 Å². The molecule has 4 nitrogen and oxygen atoms in total. The molecule has 1 aliphatic rings. The third kappa shape index (κ3) is 3.67. The van der Waals surface area contributed by atoms with Crippen molar-refractivity contribution < 1.29 is 14.3 Å². The molecular formula is C15H21NO3S. The van der Waals surface area contributed by atoms with Crippen LogP contribution >= 0.6 is 11.8 Å². The summed E-state index contributed by atoms with van der Waals surface area (Å²) in [6.07, 6.45) is 2.35. The Morgan fingerprint density at radius 2 is 2.35 bits per heavy atom. The molecule has 0 spiro atoms. The summed E-state index contributed by atoms with van der Waals surface area (Å²) in [4.78, 5) is 12.2. The summed E-state index contributed by atoms with van der Waals surface area (Å²) in [5.74, 6) is 3.39. The largest absolute Gasteiger partial charge is 0.493 e. The van der Waals surface area contributed by atoms with Crippen molar-refractivity contribution in [1.82, 2.24) is 5.32 Å². The lowest BCUT2D eigenvalue weighted by molar-refractivity contribution is 0.0985. The highest BCUT2D eigenvalue weighted by molar-refractivity contribution is 7.99. The van der Waals surface area contributed by atoms with E-state index >= 15 is 0 Å². The van der Waals surface area contributed by atoms with E-state index in [4.69, 9.17) is 9.47 Å². The number of rotatable bonds is 6. The summed E-state index contributed by atoms with van der Waals surface area (Å²) in [6.45, 7) is 0.295. The molecule has 0 aliphatic carbocycles. The van der Waals surface area contributed by atoms with Crippen molar-refractivity contribution in [1.29, 1.82) is 0 Å². The molecule has 0 saturated carbocycles. The van der Waals surface area contributed by atoms with E-state index in [0.29, 0.717) is 23.6 Å². The summed E-state index contributed by atoms with van der Waals surface area (Å²) in [6, 6.07) is 5.46. The van der Waals surface area contributed by atoms with Crippen molar-refractivity contribution in [2.75, 3.05) is 32.2 Å². The van der Waals surface area contributed by atoms with Gasteiger partial charge in [0, 0.05) is 5.75 Å². The Bertz CT molecular complexity index is 458. The lowest BCUT2D eigenvalue weighted by Gasteiger charge is -2.25. The molecule has 1 aromatic rings. The zero-order valence-corrected chi connectivity index (χ0v) is 12.8. The number of carbonyl (C=O) groups excluding carboxylic acids is 1. The normalized spacial score (nSPS) is 18.6. The lowest BCUT2D eigenvalue weighted by Crippen LogP contribution is -2.25. The highest BCUT2D eigenvalue weighted by Gasteiger charge is 2.22. The number of hydrogen-bond acceptors (Lipinski definition) is 5. The number of nitrogens with one attached hydrogen (secondary N) is 1. The molecule has 1 N–H and O–H groups in total. The van der Waals surface area contributed by atoms with Crippen LogP contribution in [0.1, 0.15) is 23.2 Å². The first-order chi connectivity index (χ1) is 9.76. The average molecular weight is 295 g/mol. The van der Waals surface area contributed by atoms with Gasteiger partial charge >= 0.3 is 0 Å². The number of thioether (sulfide) groups is 1. The number of hydrogen-bond donors (Lipinski definition) is 1. The maximum absolute atomic E-state index is 12.2. The molecule has 0 amide bonds. The van der Waals surface area contributed by atoms with Crippen LogP contribution < -0.4 is 14.8 Å². The van der Waals surface area contributed by atoms with E-state index in [2.05, 4.69) is 5.32 Å². The van der Waals surface area contributed by atoms with Crippen LogP contribution in [0.5, 0.6) is 11.5 Å². The Hall–Kier alpha value is -1.20. The predicted molar refractivity (Wildman–Crippen MR) is 82.2 cm³/mol. The number of methoxy groups -OCH3 is 1. The first-order valence-electron chi connectivity index (χ1n) is 6.85. The van der Waals surface area contributed by atoms with Gasteiger partial charge in [-0.15, -0.1) is 0 Å². The third-order valence-electron chi connectivity index (χ3n) is 3.24. The number of carbonyl (C=O) groups is 1. The van der Waals surface area contributed by atoms with Crippen LogP contribution in [0.2, 0.25) is 0 Å². The number of ketones is 1. The van der Waals surface area contributed by atoms with Gasteiger partial charge in [-0.25, -0.2) is 0 Å². The van der Waals surface area contributed by atoms with E-state index in [1.54, 1.807) is 20.2 Å². The third-order valence-corrected chi connectivity index (χ3v) is 4.42. The second kappa shape index (κ2) is 7.55. The van der Waals surface area contributed by atoms with Gasteiger partial charge < -0.3 is 14.8 Å². The standard InChI is InChI=1S/C15H21NO3S/c1-16-9-13(17)12-6-3-7-14(18-2)15(12)19-11-5-4-8-20-10-11/h3,6-7,11,16H,4-5,8-10H2,1-2H3. The predicted octanol–water partition coefficient (Wildman–Crippen LogP) is 2.37. The Kier molecular flexibility index (Phi) is 5.73. The summed E-state index contributed by atoms with van der Waals surface area (Å²) in [5.41, 5.74) is 0.592. The van der Waals surface area contributed by atoms with Crippen LogP contribution in [0.15, 0.2) is 18.2 Å². The smallest absolute Gasteiger partial charge is 0.180 e. The van der Waals surface area contributed by atoms with Crippen LogP contribution in [0.4, 0.5) is 0 Å². The minimum absolute atomic E-state index is 0.0184. The van der Waals surface area contributed by atoms with Crippen LogP contribution in [0.25, 0.3) is 0 Å². The maximum atomic E-state index is 12.2. The number of para-hydroxylation sites is 1. The van der Waals surface area contributed by atoms with Gasteiger partial charge in [-0.1, -0.05) is 6.07 Å². The molecule has 110 valence electrons. The van der Waals surface area contributed by atoms with Gasteiger partial charge in [0.05, 0.1) is 19.2 Å². The van der Waals surface area contributed by atoms with E-state index in [1.165, 1.54) is 5.75 Å². The fourth-order valence-corrected chi connectivity index (χ4v) is 3.28. The fourth-order valence-electron chi connectivity index (χ4n) is 2.24. The maximum Gasteiger partial charge on any atom is 0.180 e. The lowest BCUT2D eigenvalue weighted by atomic mass is 10.1. The molecule has 1 aliphatic heterocycles. The monoisotopic (exact) mass is 295 g/mol. The van der Waals surface area contributed by atoms with Gasteiger partial charge in [-0.2, -0.15) is 11.8 Å². The van der Waals surface area contributed by atoms with Gasteiger partial charge in [-0.05, 0) is 37.8 Å². The van der Waals surface area contributed by atoms with Crippen LogP contribution in [-0.2, 0) is 0 Å². The van der Waals surface area contributed by atoms with E-state index in [0.717, 1.165) is 18.6 Å². The molecule has 1 heterocycles. The molecule has 0 radical (unpaired) electrons. The first kappa shape index (κ1) is 15.2. The Morgan fingerprint density at radius 1 is 1.50 bits per heavy atom. The summed E-state index contributed by atoms with van der Waals surface area (Å²) in [5, 5.41) is 2.88. The second-order valence-corrected chi connectivity index (χ2v) is 5.90. The number of benzene rings is 1. The van der Waals surface area contributed by atoms with E-state index < -0.39 is 0 Å². The average Bonchev–Trinajstić information content (AvgIpc) is 2.48. The molecule has 0 bridgehead atoms. The second-order valence-electron chi connectivity index (χ2n) is 4.75. The SMILES string of the molecule is CNCC(=O)c1cccc(OC)c1OC1CCCSC1. The first-order valence-corrected chi connectivity index (χ1v) is 8.01. The zero-order chi connectivity index (χ0) is 14.4. The number of likely N-dealkylation sites (N-methyl/N-ethyl adjacent to an activating group) is 1. The van der Waals surface area contributed by atoms with Crippen molar-refractivity contribution in [2.24, 2.45) is 0 Å². The molecule has 1 unspecified atom stereocenters. The summed E-state index contributed by atoms with van der Waals surface area (Å²) >= 11 is 1.90. The van der Waals surface area contributed by atoms with Gasteiger partial charge in [0.25, 0.3) is 0 Å². The molecule has 1 fully saturated rings. The molecule has 1 saturated heterocycles. The minimum Gasteiger partial charge on any atom is -0.493 e. The van der Waals surface area contributed by atoms with Crippen molar-refractivity contribution >= 4 is 17.5 Å². The minimum atomic E-state index is 0.0184. The number of ether oxygens (including phenoxy) is 2. The number of Topliss-reactive ketones (excluding diaryl/α,β-unsaturated/α-hetero) is 1. The fraction of sp³-hybridized carbons (Fsp3) is 0.533. The molecule has 20 heavy (non-hydrogen) atoms. The van der Waals surface area contributed by atoms with Crippen LogP contribution in [0, 0.1) is 0 Å².